The van der Waals surface area contributed by atoms with Crippen molar-refractivity contribution in [3.63, 3.8) is 0 Å². The molecule has 0 radical (unpaired) electrons. The van der Waals surface area contributed by atoms with Crippen LogP contribution in [0.3, 0.4) is 0 Å². The van der Waals surface area contributed by atoms with Crippen LogP contribution in [0.5, 0.6) is 0 Å². The monoisotopic (exact) mass is 384 g/mol. The predicted octanol–water partition coefficient (Wildman–Crippen LogP) is 6.60. The Bertz CT molecular complexity index is 354. The summed E-state index contributed by atoms with van der Waals surface area (Å²) < 4.78 is 10.5. The van der Waals surface area contributed by atoms with Gasteiger partial charge < -0.3 is 9.47 Å². The van der Waals surface area contributed by atoms with E-state index in [1.54, 1.807) is 0 Å². The highest BCUT2D eigenvalue weighted by atomic mass is 16.5. The van der Waals surface area contributed by atoms with E-state index in [1.807, 2.05) is 0 Å². The van der Waals surface area contributed by atoms with Crippen molar-refractivity contribution >= 4 is 11.9 Å². The van der Waals surface area contributed by atoms with E-state index in [0.29, 0.717) is 44.8 Å². The van der Waals surface area contributed by atoms with E-state index in [4.69, 9.17) is 9.47 Å². The van der Waals surface area contributed by atoms with Gasteiger partial charge in [-0.3, -0.25) is 9.59 Å². The largest absolute Gasteiger partial charge is 0.466 e. The average molecular weight is 385 g/mol. The summed E-state index contributed by atoms with van der Waals surface area (Å²) in [4.78, 5) is 23.2. The lowest BCUT2D eigenvalue weighted by Gasteiger charge is -2.09. The van der Waals surface area contributed by atoms with E-state index in [1.165, 1.54) is 51.4 Å². The molecule has 4 nitrogen and oxygen atoms in total. The van der Waals surface area contributed by atoms with Gasteiger partial charge >= 0.3 is 11.9 Å². The van der Waals surface area contributed by atoms with E-state index in [-0.39, 0.29) is 11.9 Å². The third-order valence-electron chi connectivity index (χ3n) is 5.00. The summed E-state index contributed by atoms with van der Waals surface area (Å²) in [5, 5.41) is 0. The Balaban J connectivity index is 3.31. The van der Waals surface area contributed by atoms with Gasteiger partial charge in [0, 0.05) is 12.8 Å². The minimum absolute atomic E-state index is 0.140. The lowest BCUT2D eigenvalue weighted by Crippen LogP contribution is -2.11. The van der Waals surface area contributed by atoms with Crippen molar-refractivity contribution in [2.75, 3.05) is 13.2 Å². The smallest absolute Gasteiger partial charge is 0.305 e. The van der Waals surface area contributed by atoms with E-state index >= 15 is 0 Å². The molecule has 1 unspecified atom stereocenters. The molecule has 160 valence electrons. The number of ether oxygens (including phenoxy) is 2. The predicted molar refractivity (Wildman–Crippen MR) is 112 cm³/mol. The van der Waals surface area contributed by atoms with Gasteiger partial charge in [-0.25, -0.2) is 0 Å². The van der Waals surface area contributed by atoms with Crippen LogP contribution in [0.25, 0.3) is 0 Å². The van der Waals surface area contributed by atoms with Crippen LogP contribution >= 0.6 is 0 Å². The summed E-state index contributed by atoms with van der Waals surface area (Å²) >= 11 is 0. The first-order chi connectivity index (χ1) is 13.1. The summed E-state index contributed by atoms with van der Waals surface area (Å²) in [5.74, 6) is 0.114. The topological polar surface area (TPSA) is 52.6 Å². The van der Waals surface area contributed by atoms with Crippen molar-refractivity contribution in [3.8, 4) is 0 Å². The molecule has 0 aliphatic rings. The summed E-state index contributed by atoms with van der Waals surface area (Å²) in [5.41, 5.74) is 0. The molecule has 0 spiro atoms. The normalized spacial score (nSPS) is 12.0. The molecule has 0 aromatic carbocycles. The van der Waals surface area contributed by atoms with Crippen LogP contribution in [0.1, 0.15) is 117 Å². The van der Waals surface area contributed by atoms with E-state index in [9.17, 15) is 9.59 Å². The van der Waals surface area contributed by atoms with Crippen molar-refractivity contribution in [1.29, 1.82) is 0 Å². The van der Waals surface area contributed by atoms with Gasteiger partial charge in [-0.05, 0) is 25.2 Å². The van der Waals surface area contributed by atoms with E-state index in [0.717, 1.165) is 19.3 Å². The maximum atomic E-state index is 11.7. The van der Waals surface area contributed by atoms with E-state index < -0.39 is 0 Å². The molecule has 0 aromatic heterocycles. The Morgan fingerprint density at radius 1 is 0.667 bits per heavy atom. The van der Waals surface area contributed by atoms with Crippen LogP contribution < -0.4 is 0 Å². The molecule has 0 amide bonds. The number of esters is 2. The maximum absolute atomic E-state index is 11.7. The zero-order valence-corrected chi connectivity index (χ0v) is 18.2. The summed E-state index contributed by atoms with van der Waals surface area (Å²) in [6, 6.07) is 0. The number of rotatable bonds is 19. The highest BCUT2D eigenvalue weighted by Crippen LogP contribution is 2.11. The molecule has 0 saturated heterocycles. The third-order valence-corrected chi connectivity index (χ3v) is 5.00. The minimum Gasteiger partial charge on any atom is -0.466 e. The molecule has 1 atom stereocenters. The first-order valence-electron chi connectivity index (χ1n) is 11.4. The van der Waals surface area contributed by atoms with Gasteiger partial charge in [0.15, 0.2) is 0 Å². The second-order valence-electron chi connectivity index (χ2n) is 7.81. The Hall–Kier alpha value is -1.06. The summed E-state index contributed by atoms with van der Waals surface area (Å²) in [6.07, 6.45) is 16.0. The zero-order valence-electron chi connectivity index (χ0n) is 18.2. The first kappa shape index (κ1) is 25.9. The summed E-state index contributed by atoms with van der Waals surface area (Å²) in [7, 11) is 0. The molecular weight excluding hydrogens is 340 g/mol. The fraction of sp³-hybridized carbons (Fsp3) is 0.913. The molecule has 0 N–H and O–H groups in total. The molecule has 0 aromatic rings. The molecule has 0 saturated carbocycles. The highest BCUT2D eigenvalue weighted by Gasteiger charge is 2.07. The second-order valence-corrected chi connectivity index (χ2v) is 7.81. The van der Waals surface area contributed by atoms with Crippen molar-refractivity contribution in [2.45, 2.75) is 117 Å². The van der Waals surface area contributed by atoms with Gasteiger partial charge in [-0.1, -0.05) is 85.0 Å². The van der Waals surface area contributed by atoms with Crippen molar-refractivity contribution in [2.24, 2.45) is 5.92 Å². The van der Waals surface area contributed by atoms with Gasteiger partial charge in [-0.15, -0.1) is 0 Å². The van der Waals surface area contributed by atoms with Crippen LogP contribution in [0.15, 0.2) is 0 Å². The molecular formula is C23H44O4. The zero-order chi connectivity index (χ0) is 20.2. The Kier molecular flexibility index (Phi) is 18.9. The van der Waals surface area contributed by atoms with E-state index in [2.05, 4.69) is 20.8 Å². The van der Waals surface area contributed by atoms with Crippen molar-refractivity contribution < 1.29 is 19.1 Å². The lowest BCUT2D eigenvalue weighted by molar-refractivity contribution is -0.146. The fourth-order valence-electron chi connectivity index (χ4n) is 2.81. The van der Waals surface area contributed by atoms with Gasteiger partial charge in [0.2, 0.25) is 0 Å². The van der Waals surface area contributed by atoms with Gasteiger partial charge in [-0.2, -0.15) is 0 Å². The van der Waals surface area contributed by atoms with Crippen LogP contribution in [0.4, 0.5) is 0 Å². The minimum atomic E-state index is -0.158. The fourth-order valence-corrected chi connectivity index (χ4v) is 2.81. The number of carbonyl (C=O) groups is 2. The van der Waals surface area contributed by atoms with Gasteiger partial charge in [0.05, 0.1) is 13.2 Å². The van der Waals surface area contributed by atoms with Crippen LogP contribution in [0.2, 0.25) is 0 Å². The lowest BCUT2D eigenvalue weighted by atomic mass is 10.1. The number of carbonyl (C=O) groups excluding carboxylic acids is 2. The van der Waals surface area contributed by atoms with Gasteiger partial charge in [0.1, 0.15) is 0 Å². The molecule has 0 fully saturated rings. The molecule has 0 bridgehead atoms. The molecule has 0 rings (SSSR count). The average Bonchev–Trinajstić information content (AvgIpc) is 2.67. The maximum Gasteiger partial charge on any atom is 0.305 e. The van der Waals surface area contributed by atoms with Crippen molar-refractivity contribution in [3.05, 3.63) is 0 Å². The Morgan fingerprint density at radius 2 is 1.15 bits per heavy atom. The van der Waals surface area contributed by atoms with Crippen LogP contribution in [-0.4, -0.2) is 25.2 Å². The van der Waals surface area contributed by atoms with Crippen molar-refractivity contribution in [1.82, 2.24) is 0 Å². The Labute approximate surface area is 167 Å². The quantitative estimate of drug-likeness (QED) is 0.186. The SMILES string of the molecule is CCCCCCCCCCCCOC(=O)CCCCC(=O)OCC(C)CC. The second kappa shape index (κ2) is 19.7. The summed E-state index contributed by atoms with van der Waals surface area (Å²) in [6.45, 7) is 7.43. The number of hydrogen-bond acceptors (Lipinski definition) is 4. The van der Waals surface area contributed by atoms with Crippen LogP contribution in [0, 0.1) is 5.92 Å². The van der Waals surface area contributed by atoms with Crippen LogP contribution in [-0.2, 0) is 19.1 Å². The molecule has 0 aliphatic carbocycles. The Morgan fingerprint density at radius 3 is 1.67 bits per heavy atom. The highest BCUT2D eigenvalue weighted by molar-refractivity contribution is 5.70. The molecule has 4 heteroatoms. The number of hydrogen-bond donors (Lipinski definition) is 0. The molecule has 27 heavy (non-hydrogen) atoms. The number of unbranched alkanes of at least 4 members (excludes halogenated alkanes) is 10. The van der Waals surface area contributed by atoms with Gasteiger partial charge in [0.25, 0.3) is 0 Å². The molecule has 0 aliphatic heterocycles. The first-order valence-corrected chi connectivity index (χ1v) is 11.4. The standard InChI is InChI=1S/C23H44O4/c1-4-6-7-8-9-10-11-12-13-16-19-26-22(24)17-14-15-18-23(25)27-20-21(3)5-2/h21H,4-20H2,1-3H3. The molecule has 0 heterocycles. The third kappa shape index (κ3) is 19.5.